The molecule has 0 spiro atoms. The van der Waals surface area contributed by atoms with Gasteiger partial charge in [-0.3, -0.25) is 19.8 Å². The first kappa shape index (κ1) is 26.7. The number of ether oxygens (including phenoxy) is 1. The number of rotatable bonds is 10. The van der Waals surface area contributed by atoms with E-state index in [-0.39, 0.29) is 42.5 Å². The molecule has 37 heavy (non-hydrogen) atoms. The maximum atomic E-state index is 13.6. The van der Waals surface area contributed by atoms with E-state index in [0.717, 1.165) is 61.7 Å². The minimum Gasteiger partial charge on any atom is -0.466 e. The van der Waals surface area contributed by atoms with Crippen LogP contribution in [0.25, 0.3) is 10.9 Å². The third-order valence-electron chi connectivity index (χ3n) is 7.72. The predicted molar refractivity (Wildman–Crippen MR) is 142 cm³/mol. The van der Waals surface area contributed by atoms with Crippen LogP contribution in [-0.4, -0.2) is 69.8 Å². The van der Waals surface area contributed by atoms with Gasteiger partial charge in [0, 0.05) is 48.9 Å². The average Bonchev–Trinajstić information content (AvgIpc) is 3.63. The van der Waals surface area contributed by atoms with E-state index in [4.69, 9.17) is 15.9 Å². The first-order valence-corrected chi connectivity index (χ1v) is 13.6. The summed E-state index contributed by atoms with van der Waals surface area (Å²) >= 11 is 0. The van der Waals surface area contributed by atoms with Gasteiger partial charge in [0.25, 0.3) is 0 Å². The van der Waals surface area contributed by atoms with E-state index in [9.17, 15) is 14.4 Å². The SMILES string of the molecule is CCOC(=O)CCC(=O)N1CCC[C@@H]1C(=O)N1CCC[C@H]1CCc1cc2ccc(C(=N)N)cc2n1CC. The van der Waals surface area contributed by atoms with Crippen molar-refractivity contribution in [3.8, 4) is 0 Å². The minimum absolute atomic E-state index is 0.0478. The zero-order valence-corrected chi connectivity index (χ0v) is 22.0. The second-order valence-electron chi connectivity index (χ2n) is 9.98. The number of nitrogens with one attached hydrogen (secondary N) is 1. The molecule has 1 aromatic heterocycles. The van der Waals surface area contributed by atoms with E-state index in [1.807, 2.05) is 23.1 Å². The van der Waals surface area contributed by atoms with E-state index < -0.39 is 6.04 Å². The number of nitrogens with zero attached hydrogens (tertiary/aromatic N) is 3. The van der Waals surface area contributed by atoms with Crippen LogP contribution >= 0.6 is 0 Å². The molecule has 9 nitrogen and oxygen atoms in total. The van der Waals surface area contributed by atoms with Crippen molar-refractivity contribution in [2.75, 3.05) is 19.7 Å². The summed E-state index contributed by atoms with van der Waals surface area (Å²) in [6.45, 7) is 6.26. The molecule has 2 aliphatic rings. The number of esters is 1. The Kier molecular flexibility index (Phi) is 8.51. The molecule has 0 aliphatic carbocycles. The first-order valence-electron chi connectivity index (χ1n) is 13.6. The van der Waals surface area contributed by atoms with Gasteiger partial charge in [-0.2, -0.15) is 0 Å². The number of hydrogen-bond acceptors (Lipinski definition) is 5. The van der Waals surface area contributed by atoms with Crippen LogP contribution in [0.4, 0.5) is 0 Å². The second kappa shape index (κ2) is 11.8. The Labute approximate surface area is 218 Å². The van der Waals surface area contributed by atoms with Crippen molar-refractivity contribution < 1.29 is 19.1 Å². The number of hydrogen-bond donors (Lipinski definition) is 2. The lowest BCUT2D eigenvalue weighted by molar-refractivity contribution is -0.147. The molecule has 200 valence electrons. The summed E-state index contributed by atoms with van der Waals surface area (Å²) in [6, 6.07) is 7.80. The van der Waals surface area contributed by atoms with E-state index in [1.54, 1.807) is 11.8 Å². The molecular formula is C28H39N5O4. The molecular weight excluding hydrogens is 470 g/mol. The summed E-state index contributed by atoms with van der Waals surface area (Å²) in [6.07, 6.45) is 5.27. The number of nitrogen functional groups attached to an aromatic ring is 1. The van der Waals surface area contributed by atoms with Crippen LogP contribution in [0.1, 0.15) is 70.1 Å². The summed E-state index contributed by atoms with van der Waals surface area (Å²) in [5.41, 5.74) is 8.71. The van der Waals surface area contributed by atoms with Crippen molar-refractivity contribution in [2.24, 2.45) is 5.73 Å². The Morgan fingerprint density at radius 2 is 1.81 bits per heavy atom. The molecule has 3 N–H and O–H groups in total. The third-order valence-corrected chi connectivity index (χ3v) is 7.72. The van der Waals surface area contributed by atoms with Crippen LogP contribution in [0.3, 0.4) is 0 Å². The van der Waals surface area contributed by atoms with Gasteiger partial charge in [-0.15, -0.1) is 0 Å². The molecule has 0 unspecified atom stereocenters. The number of amides is 2. The smallest absolute Gasteiger partial charge is 0.306 e. The summed E-state index contributed by atoms with van der Waals surface area (Å²) in [4.78, 5) is 41.8. The van der Waals surface area contributed by atoms with Gasteiger partial charge in [0.1, 0.15) is 11.9 Å². The van der Waals surface area contributed by atoms with Crippen LogP contribution in [0.15, 0.2) is 24.3 Å². The quantitative estimate of drug-likeness (QED) is 0.289. The lowest BCUT2D eigenvalue weighted by Crippen LogP contribution is -2.49. The number of likely N-dealkylation sites (tertiary alicyclic amines) is 2. The molecule has 0 radical (unpaired) electrons. The normalized spacial score (nSPS) is 19.5. The van der Waals surface area contributed by atoms with E-state index in [2.05, 4.69) is 17.6 Å². The van der Waals surface area contributed by atoms with Gasteiger partial charge in [0.05, 0.1) is 13.0 Å². The highest BCUT2D eigenvalue weighted by molar-refractivity contribution is 5.98. The highest BCUT2D eigenvalue weighted by Crippen LogP contribution is 2.29. The molecule has 0 saturated carbocycles. The topological polar surface area (TPSA) is 122 Å². The fourth-order valence-electron chi connectivity index (χ4n) is 5.90. The molecule has 2 saturated heterocycles. The lowest BCUT2D eigenvalue weighted by Gasteiger charge is -2.31. The number of benzene rings is 1. The second-order valence-corrected chi connectivity index (χ2v) is 9.98. The van der Waals surface area contributed by atoms with Crippen LogP contribution < -0.4 is 5.73 Å². The number of carbonyl (C=O) groups is 3. The predicted octanol–water partition coefficient (Wildman–Crippen LogP) is 3.20. The molecule has 2 fully saturated rings. The Morgan fingerprint density at radius 1 is 1.05 bits per heavy atom. The standard InChI is InChI=1S/C28H39N5O4/c1-3-31-22(17-19-9-10-20(27(29)30)18-24(19)31)12-11-21-7-5-15-32(21)28(36)23-8-6-16-33(23)25(34)13-14-26(35)37-4-2/h9-10,17-18,21,23H,3-8,11-16H2,1-2H3,(H3,29,30)/t21-,23+/m0/s1. The molecule has 9 heteroatoms. The zero-order valence-electron chi connectivity index (χ0n) is 22.0. The average molecular weight is 510 g/mol. The fourth-order valence-corrected chi connectivity index (χ4v) is 5.90. The number of fused-ring (bicyclic) bond motifs is 1. The molecule has 2 aliphatic heterocycles. The van der Waals surface area contributed by atoms with E-state index in [0.29, 0.717) is 19.6 Å². The maximum Gasteiger partial charge on any atom is 0.306 e. The molecule has 2 amide bonds. The number of aromatic nitrogens is 1. The number of amidine groups is 1. The van der Waals surface area contributed by atoms with Gasteiger partial charge in [-0.1, -0.05) is 12.1 Å². The Hall–Kier alpha value is -3.36. The third kappa shape index (κ3) is 5.81. The summed E-state index contributed by atoms with van der Waals surface area (Å²) in [7, 11) is 0. The van der Waals surface area contributed by atoms with Crippen molar-refractivity contribution in [1.29, 1.82) is 5.41 Å². The van der Waals surface area contributed by atoms with Gasteiger partial charge in [0.2, 0.25) is 11.8 Å². The Morgan fingerprint density at radius 3 is 2.54 bits per heavy atom. The van der Waals surface area contributed by atoms with Crippen LogP contribution in [-0.2, 0) is 32.1 Å². The fraction of sp³-hybridized carbons (Fsp3) is 0.571. The summed E-state index contributed by atoms with van der Waals surface area (Å²) < 4.78 is 7.21. The minimum atomic E-state index is -0.428. The van der Waals surface area contributed by atoms with Crippen molar-refractivity contribution in [2.45, 2.75) is 83.8 Å². The monoisotopic (exact) mass is 509 g/mol. The Bertz CT molecular complexity index is 1170. The van der Waals surface area contributed by atoms with Crippen LogP contribution in [0, 0.1) is 5.41 Å². The number of aryl methyl sites for hydroxylation is 2. The van der Waals surface area contributed by atoms with Crippen molar-refractivity contribution in [3.05, 3.63) is 35.5 Å². The largest absolute Gasteiger partial charge is 0.466 e. The van der Waals surface area contributed by atoms with E-state index in [1.165, 1.54) is 5.69 Å². The first-order chi connectivity index (χ1) is 17.8. The highest BCUT2D eigenvalue weighted by Gasteiger charge is 2.39. The molecule has 0 bridgehead atoms. The maximum absolute atomic E-state index is 13.6. The van der Waals surface area contributed by atoms with Crippen LogP contribution in [0.5, 0.6) is 0 Å². The lowest BCUT2D eigenvalue weighted by atomic mass is 10.1. The van der Waals surface area contributed by atoms with Gasteiger partial charge < -0.3 is 24.8 Å². The summed E-state index contributed by atoms with van der Waals surface area (Å²) in [5.74, 6) is -0.407. The molecule has 2 atom stereocenters. The molecule has 3 heterocycles. The van der Waals surface area contributed by atoms with Crippen molar-refractivity contribution in [1.82, 2.24) is 14.4 Å². The molecule has 4 rings (SSSR count). The molecule has 1 aromatic carbocycles. The van der Waals surface area contributed by atoms with Crippen molar-refractivity contribution >= 4 is 34.5 Å². The Balaban J connectivity index is 1.41. The van der Waals surface area contributed by atoms with Crippen molar-refractivity contribution in [3.63, 3.8) is 0 Å². The van der Waals surface area contributed by atoms with E-state index >= 15 is 0 Å². The number of nitrogens with two attached hydrogens (primary N) is 1. The highest BCUT2D eigenvalue weighted by atomic mass is 16.5. The zero-order chi connectivity index (χ0) is 26.5. The van der Waals surface area contributed by atoms with Crippen LogP contribution in [0.2, 0.25) is 0 Å². The molecule has 2 aromatic rings. The van der Waals surface area contributed by atoms with Gasteiger partial charge in [0.15, 0.2) is 0 Å². The summed E-state index contributed by atoms with van der Waals surface area (Å²) in [5, 5.41) is 8.89. The van der Waals surface area contributed by atoms with Gasteiger partial charge in [-0.05, 0) is 69.9 Å². The number of carbonyl (C=O) groups excluding carboxylic acids is 3. The van der Waals surface area contributed by atoms with Gasteiger partial charge >= 0.3 is 5.97 Å². The van der Waals surface area contributed by atoms with Gasteiger partial charge in [-0.25, -0.2) is 0 Å².